The Morgan fingerprint density at radius 2 is 1.74 bits per heavy atom. The molecule has 0 unspecified atom stereocenters. The molecule has 0 atom stereocenters. The lowest BCUT2D eigenvalue weighted by molar-refractivity contribution is -0.139. The maximum absolute atomic E-state index is 12.1. The maximum atomic E-state index is 12.1. The van der Waals surface area contributed by atoms with Gasteiger partial charge in [0.1, 0.15) is 13.7 Å². The number of aromatic nitrogens is 4. The number of Topliss-reactive ketones (excluding diaryl/α,β-unsaturated/α-hetero) is 1. The average Bonchev–Trinajstić information content (AvgIpc) is 3.34. The Kier molecular flexibility index (Phi) is 5.94. The largest absolute Gasteiger partial charge is 0.384 e. The number of anilines is 1. The van der Waals surface area contributed by atoms with E-state index in [9.17, 15) is 14.5 Å². The van der Waals surface area contributed by atoms with Gasteiger partial charge in [0, 0.05) is 45.6 Å². The quantitative estimate of drug-likeness (QED) is 0.271. The predicted octanol–water partition coefficient (Wildman–Crippen LogP) is 2.43. The first-order valence-electron chi connectivity index (χ1n) is 11.5. The number of amides is 1. The second-order valence-electron chi connectivity index (χ2n) is 8.91. The van der Waals surface area contributed by atoms with E-state index in [2.05, 4.69) is 15.3 Å². The van der Waals surface area contributed by atoms with Crippen LogP contribution in [0.1, 0.15) is 37.3 Å². The van der Waals surface area contributed by atoms with Gasteiger partial charge in [-0.2, -0.15) is 9.61 Å². The summed E-state index contributed by atoms with van der Waals surface area (Å²) in [6, 6.07) is 13.9. The van der Waals surface area contributed by atoms with Crippen LogP contribution in [0.3, 0.4) is 0 Å². The Morgan fingerprint density at radius 3 is 2.40 bits per heavy atom. The Labute approximate surface area is 202 Å². The summed E-state index contributed by atoms with van der Waals surface area (Å²) in [6.45, 7) is 0. The summed E-state index contributed by atoms with van der Waals surface area (Å²) < 4.78 is 1.64. The summed E-state index contributed by atoms with van der Waals surface area (Å²) in [7, 11) is 1.92. The number of nitrogens with two attached hydrogens (primary N) is 1. The summed E-state index contributed by atoms with van der Waals surface area (Å²) in [5.74, 6) is -1.74. The lowest BCUT2D eigenvalue weighted by Crippen LogP contribution is -2.29. The van der Waals surface area contributed by atoms with Gasteiger partial charge in [-0.25, -0.2) is 4.98 Å². The van der Waals surface area contributed by atoms with Crippen molar-refractivity contribution in [1.82, 2.24) is 19.6 Å². The van der Waals surface area contributed by atoms with Crippen molar-refractivity contribution in [3.8, 4) is 22.4 Å². The lowest BCUT2D eigenvalue weighted by atomic mass is 9.75. The first-order chi connectivity index (χ1) is 17.0. The topological polar surface area (TPSA) is 133 Å². The van der Waals surface area contributed by atoms with E-state index in [1.54, 1.807) is 10.7 Å². The molecule has 9 nitrogen and oxygen atoms in total. The molecule has 0 spiro atoms. The van der Waals surface area contributed by atoms with Crippen LogP contribution in [0.4, 0.5) is 5.82 Å². The molecule has 5 rings (SSSR count). The van der Waals surface area contributed by atoms with Crippen molar-refractivity contribution in [3.63, 3.8) is 0 Å². The van der Waals surface area contributed by atoms with Gasteiger partial charge in [-0.1, -0.05) is 36.4 Å². The Bertz CT molecular complexity index is 1430. The fourth-order valence-corrected chi connectivity index (χ4v) is 4.90. The van der Waals surface area contributed by atoms with Crippen LogP contribution in [0, 0.1) is 10.8 Å². The molecule has 35 heavy (non-hydrogen) atoms. The molecule has 1 aliphatic rings. The molecule has 1 aliphatic carbocycles. The molecule has 3 aromatic heterocycles. The van der Waals surface area contributed by atoms with Gasteiger partial charge in [0.15, 0.2) is 5.65 Å². The van der Waals surface area contributed by atoms with Crippen LogP contribution in [0.25, 0.3) is 28.0 Å². The highest BCUT2D eigenvalue weighted by atomic mass is 16.3. The van der Waals surface area contributed by atoms with Crippen molar-refractivity contribution >= 4 is 36.5 Å². The fourth-order valence-electron chi connectivity index (χ4n) is 4.90. The third-order valence-corrected chi connectivity index (χ3v) is 6.89. The second-order valence-corrected chi connectivity index (χ2v) is 8.91. The van der Waals surface area contributed by atoms with Crippen LogP contribution in [-0.2, 0) is 9.59 Å². The van der Waals surface area contributed by atoms with Crippen LogP contribution in [-0.4, -0.2) is 39.1 Å². The van der Waals surface area contributed by atoms with E-state index < -0.39 is 17.6 Å². The van der Waals surface area contributed by atoms with Crippen molar-refractivity contribution in [3.05, 3.63) is 65.5 Å². The highest BCUT2D eigenvalue weighted by molar-refractivity contribution is 6.37. The van der Waals surface area contributed by atoms with Crippen molar-refractivity contribution in [1.29, 1.82) is 0 Å². The zero-order chi connectivity index (χ0) is 24.5. The van der Waals surface area contributed by atoms with Gasteiger partial charge in [-0.15, -0.1) is 4.91 Å². The van der Waals surface area contributed by atoms with Gasteiger partial charge in [-0.3, -0.25) is 14.6 Å². The van der Waals surface area contributed by atoms with Gasteiger partial charge in [-0.05, 0) is 37.2 Å². The minimum atomic E-state index is -1.19. The molecule has 3 heterocycles. The number of carbonyl (C=O) groups is 2. The van der Waals surface area contributed by atoms with Crippen molar-refractivity contribution in [2.45, 2.75) is 31.6 Å². The first-order valence-corrected chi connectivity index (χ1v) is 11.5. The molecule has 1 saturated carbocycles. The number of fused-ring (bicyclic) bond motifs is 1. The monoisotopic (exact) mass is 466 g/mol. The number of carbonyl (C=O) groups excluding carboxylic acids is 2. The summed E-state index contributed by atoms with van der Waals surface area (Å²) in [4.78, 5) is 43.5. The molecule has 1 fully saturated rings. The number of benzene rings is 1. The molecule has 0 aliphatic heterocycles. The molecular weight excluding hydrogens is 443 g/mol. The third-order valence-electron chi connectivity index (χ3n) is 6.89. The van der Waals surface area contributed by atoms with E-state index in [1.165, 1.54) is 0 Å². The Hall–Kier alpha value is -4.21. The van der Waals surface area contributed by atoms with E-state index in [1.807, 2.05) is 56.5 Å². The van der Waals surface area contributed by atoms with Gasteiger partial charge in [0.2, 0.25) is 5.78 Å². The van der Waals surface area contributed by atoms with Crippen LogP contribution < -0.4 is 11.2 Å². The molecule has 0 saturated heterocycles. The summed E-state index contributed by atoms with van der Waals surface area (Å²) >= 11 is 0. The van der Waals surface area contributed by atoms with Gasteiger partial charge >= 0.3 is 5.91 Å². The number of nitrogens with zero attached hydrogens (tertiary/aromatic N) is 5. The number of nitrogen functional groups attached to an aromatic ring is 1. The predicted molar refractivity (Wildman–Crippen MR) is 135 cm³/mol. The van der Waals surface area contributed by atoms with Crippen LogP contribution in [0.15, 0.2) is 60.0 Å². The SMILES string of the molecule is Bc1c(N)n2ncc(-c3ccc(-c4ccccc4)nc3)c2nc1[C@H]1CC[C@H](C(=O)C(=O)N=O)CC1. The third kappa shape index (κ3) is 4.11. The average molecular weight is 466 g/mol. The number of hydrogen-bond donors (Lipinski definition) is 1. The zero-order valence-corrected chi connectivity index (χ0v) is 19.2. The molecular formula is C25H23BN6O3. The number of pyridine rings is 1. The fraction of sp³-hybridized carbons (Fsp3) is 0.240. The minimum absolute atomic E-state index is 0.0898. The van der Waals surface area contributed by atoms with Crippen molar-refractivity contribution in [2.75, 3.05) is 5.73 Å². The zero-order valence-electron chi connectivity index (χ0n) is 19.2. The summed E-state index contributed by atoms with van der Waals surface area (Å²) in [5.41, 5.74) is 12.5. The van der Waals surface area contributed by atoms with E-state index in [4.69, 9.17) is 10.7 Å². The van der Waals surface area contributed by atoms with E-state index in [0.29, 0.717) is 37.1 Å². The van der Waals surface area contributed by atoms with E-state index in [0.717, 1.165) is 33.5 Å². The van der Waals surface area contributed by atoms with E-state index in [-0.39, 0.29) is 5.92 Å². The minimum Gasteiger partial charge on any atom is -0.384 e. The number of ketones is 1. The highest BCUT2D eigenvalue weighted by Gasteiger charge is 2.32. The molecule has 1 aromatic carbocycles. The second kappa shape index (κ2) is 9.21. The molecule has 0 radical (unpaired) electrons. The Balaban J connectivity index is 1.45. The van der Waals surface area contributed by atoms with Gasteiger partial charge in [0.25, 0.3) is 0 Å². The van der Waals surface area contributed by atoms with Crippen LogP contribution in [0.2, 0.25) is 0 Å². The molecule has 0 bridgehead atoms. The smallest absolute Gasteiger partial charge is 0.352 e. The number of hydrogen-bond acceptors (Lipinski definition) is 7. The summed E-state index contributed by atoms with van der Waals surface area (Å²) in [5, 5.41) is 6.74. The van der Waals surface area contributed by atoms with Crippen molar-refractivity contribution < 1.29 is 9.59 Å². The molecule has 2 N–H and O–H groups in total. The molecule has 174 valence electrons. The standard InChI is InChI=1S/C25H23BN6O3/c26-20-21(15-6-8-16(9-7-15)22(33)25(34)31-35)30-24-18(13-29-32(24)23(20)27)17-10-11-19(28-12-17)14-4-2-1-3-5-14/h1-5,10-13,15-16H,6-9,26-27H2/t15-,16-. The van der Waals surface area contributed by atoms with Crippen LogP contribution in [0.5, 0.6) is 0 Å². The molecule has 4 aromatic rings. The highest BCUT2D eigenvalue weighted by Crippen LogP contribution is 2.36. The Morgan fingerprint density at radius 1 is 1.00 bits per heavy atom. The maximum Gasteiger partial charge on any atom is 0.352 e. The lowest BCUT2D eigenvalue weighted by Gasteiger charge is -2.28. The number of rotatable bonds is 5. The molecule has 10 heteroatoms. The van der Waals surface area contributed by atoms with Gasteiger partial charge in [0.05, 0.1) is 11.9 Å². The van der Waals surface area contributed by atoms with Crippen molar-refractivity contribution in [2.24, 2.45) is 11.1 Å². The van der Waals surface area contributed by atoms with Crippen LogP contribution >= 0.6 is 0 Å². The molecule has 1 amide bonds. The van der Waals surface area contributed by atoms with Gasteiger partial charge < -0.3 is 5.73 Å². The first kappa shape index (κ1) is 22.6. The normalized spacial score (nSPS) is 17.8. The number of nitroso groups, excluding NO2 is 1. The van der Waals surface area contributed by atoms with E-state index >= 15 is 0 Å². The summed E-state index contributed by atoms with van der Waals surface area (Å²) in [6.07, 6.45) is 5.91.